The standard InChI is InChI=1S/C30H33Cl2N3O6S2/c1-22-20-33(15-16-34(22)30(36)24-13-17-41-18-14-24)21-23-7-6-8-25(19-23)35(42(37,38)28-11-4-2-9-26(28)31)43(39,40)29-12-5-3-10-27(29)32/h2-12,19,22,24H,13-18,20-21H2,1H3/t22-/m0/s1. The lowest BCUT2D eigenvalue weighted by Gasteiger charge is -2.41. The topological polar surface area (TPSA) is 104 Å². The average Bonchev–Trinajstić information content (AvgIpc) is 2.97. The second kappa shape index (κ2) is 13.1. The third-order valence-electron chi connectivity index (χ3n) is 7.76. The van der Waals surface area contributed by atoms with Crippen molar-refractivity contribution in [3.8, 4) is 0 Å². The van der Waals surface area contributed by atoms with Crippen LogP contribution in [-0.4, -0.2) is 71.4 Å². The molecule has 230 valence electrons. The molecule has 0 aromatic heterocycles. The smallest absolute Gasteiger partial charge is 0.279 e. The van der Waals surface area contributed by atoms with E-state index in [4.69, 9.17) is 27.9 Å². The molecule has 13 heteroatoms. The van der Waals surface area contributed by atoms with Crippen LogP contribution in [0.1, 0.15) is 25.3 Å². The minimum absolute atomic E-state index is 0.00875. The van der Waals surface area contributed by atoms with Crippen LogP contribution in [0.5, 0.6) is 0 Å². The molecule has 2 fully saturated rings. The molecule has 0 aliphatic carbocycles. The Morgan fingerprint density at radius 3 is 2.00 bits per heavy atom. The SMILES string of the molecule is C[C@H]1CN(Cc2cccc(N(S(=O)(=O)c3ccccc3Cl)S(=O)(=O)c3ccccc3Cl)c2)CCN1C(=O)C1CCOCC1. The highest BCUT2D eigenvalue weighted by atomic mass is 35.5. The van der Waals surface area contributed by atoms with Gasteiger partial charge in [0.2, 0.25) is 5.91 Å². The molecule has 0 unspecified atom stereocenters. The van der Waals surface area contributed by atoms with E-state index in [1.165, 1.54) is 42.5 Å². The summed E-state index contributed by atoms with van der Waals surface area (Å²) < 4.78 is 61.9. The van der Waals surface area contributed by atoms with E-state index in [1.54, 1.807) is 24.3 Å². The number of anilines is 1. The van der Waals surface area contributed by atoms with Gasteiger partial charge in [-0.2, -0.15) is 20.5 Å². The Labute approximate surface area is 263 Å². The maximum absolute atomic E-state index is 14.0. The highest BCUT2D eigenvalue weighted by Crippen LogP contribution is 2.36. The van der Waals surface area contributed by atoms with Crippen LogP contribution in [0.15, 0.2) is 82.6 Å². The van der Waals surface area contributed by atoms with Gasteiger partial charge in [-0.15, -0.1) is 0 Å². The third kappa shape index (κ3) is 6.72. The molecule has 1 atom stereocenters. The fourth-order valence-electron chi connectivity index (χ4n) is 5.60. The van der Waals surface area contributed by atoms with Crippen molar-refractivity contribution < 1.29 is 26.4 Å². The van der Waals surface area contributed by atoms with Gasteiger partial charge in [0.05, 0.1) is 15.7 Å². The summed E-state index contributed by atoms with van der Waals surface area (Å²) in [5, 5.41) is -0.222. The van der Waals surface area contributed by atoms with Crippen LogP contribution in [-0.2, 0) is 36.1 Å². The Balaban J connectivity index is 1.44. The van der Waals surface area contributed by atoms with Crippen LogP contribution in [0.4, 0.5) is 5.69 Å². The van der Waals surface area contributed by atoms with Crippen molar-refractivity contribution in [1.82, 2.24) is 9.80 Å². The molecule has 0 bridgehead atoms. The molecule has 43 heavy (non-hydrogen) atoms. The first-order chi connectivity index (χ1) is 20.5. The van der Waals surface area contributed by atoms with Crippen LogP contribution in [0.3, 0.4) is 0 Å². The Hall–Kier alpha value is -2.67. The molecule has 0 saturated carbocycles. The van der Waals surface area contributed by atoms with E-state index in [1.807, 2.05) is 17.9 Å². The molecule has 0 radical (unpaired) electrons. The molecule has 9 nitrogen and oxygen atoms in total. The predicted octanol–water partition coefficient (Wildman–Crippen LogP) is 5.04. The van der Waals surface area contributed by atoms with Gasteiger partial charge in [0.25, 0.3) is 20.0 Å². The van der Waals surface area contributed by atoms with Crippen molar-refractivity contribution in [2.24, 2.45) is 5.92 Å². The molecule has 2 saturated heterocycles. The van der Waals surface area contributed by atoms with E-state index in [-0.39, 0.29) is 43.4 Å². The van der Waals surface area contributed by atoms with Crippen LogP contribution in [0.2, 0.25) is 10.0 Å². The zero-order valence-electron chi connectivity index (χ0n) is 23.6. The summed E-state index contributed by atoms with van der Waals surface area (Å²) in [6.07, 6.45) is 1.48. The number of hydrogen-bond donors (Lipinski definition) is 0. The van der Waals surface area contributed by atoms with E-state index in [0.29, 0.717) is 48.7 Å². The van der Waals surface area contributed by atoms with Gasteiger partial charge in [0.1, 0.15) is 9.79 Å². The molecule has 1 amide bonds. The summed E-state index contributed by atoms with van der Waals surface area (Å²) in [7, 11) is -9.41. The predicted molar refractivity (Wildman–Crippen MR) is 166 cm³/mol. The number of carbonyl (C=O) groups excluding carboxylic acids is 1. The maximum Gasteiger partial charge on any atom is 0.279 e. The van der Waals surface area contributed by atoms with E-state index in [0.717, 1.165) is 12.8 Å². The molecule has 3 aromatic carbocycles. The number of carbonyl (C=O) groups is 1. The van der Waals surface area contributed by atoms with E-state index >= 15 is 0 Å². The number of halogens is 2. The summed E-state index contributed by atoms with van der Waals surface area (Å²) in [4.78, 5) is 16.5. The van der Waals surface area contributed by atoms with Gasteiger partial charge < -0.3 is 9.64 Å². The normalized spacial score (nSPS) is 18.9. The number of nitrogens with zero attached hydrogens (tertiary/aromatic N) is 3. The Kier molecular flexibility index (Phi) is 9.70. The lowest BCUT2D eigenvalue weighted by atomic mass is 9.97. The molecular weight excluding hydrogens is 633 g/mol. The van der Waals surface area contributed by atoms with E-state index in [9.17, 15) is 21.6 Å². The first-order valence-corrected chi connectivity index (χ1v) is 17.6. The monoisotopic (exact) mass is 665 g/mol. The summed E-state index contributed by atoms with van der Waals surface area (Å²) in [6.45, 7) is 5.50. The minimum Gasteiger partial charge on any atom is -0.381 e. The molecule has 2 aliphatic rings. The molecule has 3 aromatic rings. The van der Waals surface area contributed by atoms with Crippen molar-refractivity contribution in [3.63, 3.8) is 0 Å². The average molecular weight is 667 g/mol. The summed E-state index contributed by atoms with van der Waals surface area (Å²) >= 11 is 12.5. The van der Waals surface area contributed by atoms with Crippen molar-refractivity contribution in [3.05, 3.63) is 88.4 Å². The van der Waals surface area contributed by atoms with Gasteiger partial charge in [-0.25, -0.2) is 0 Å². The van der Waals surface area contributed by atoms with E-state index < -0.39 is 20.0 Å². The Morgan fingerprint density at radius 1 is 0.860 bits per heavy atom. The summed E-state index contributed by atoms with van der Waals surface area (Å²) in [5.74, 6) is 0.160. The third-order valence-corrected chi connectivity index (χ3v) is 12.9. The number of sulfonamides is 2. The van der Waals surface area contributed by atoms with Gasteiger partial charge in [0, 0.05) is 51.4 Å². The van der Waals surface area contributed by atoms with Gasteiger partial charge in [0.15, 0.2) is 0 Å². The Bertz CT molecular complexity index is 1620. The molecule has 2 aliphatic heterocycles. The van der Waals surface area contributed by atoms with Gasteiger partial charge in [-0.3, -0.25) is 9.69 Å². The summed E-state index contributed by atoms with van der Waals surface area (Å²) in [5.41, 5.74) is 0.640. The maximum atomic E-state index is 14.0. The molecular formula is C30H33Cl2N3O6S2. The zero-order chi connectivity index (χ0) is 30.8. The van der Waals surface area contributed by atoms with Gasteiger partial charge in [-0.1, -0.05) is 59.6 Å². The van der Waals surface area contributed by atoms with Gasteiger partial charge >= 0.3 is 0 Å². The fraction of sp³-hybridized carbons (Fsp3) is 0.367. The molecule has 0 spiro atoms. The van der Waals surface area contributed by atoms with Gasteiger partial charge in [-0.05, 0) is 61.7 Å². The van der Waals surface area contributed by atoms with Crippen LogP contribution in [0.25, 0.3) is 0 Å². The lowest BCUT2D eigenvalue weighted by molar-refractivity contribution is -0.143. The van der Waals surface area contributed by atoms with Crippen molar-refractivity contribution in [2.45, 2.75) is 42.1 Å². The second-order valence-corrected chi connectivity index (χ2v) is 15.3. The highest BCUT2D eigenvalue weighted by molar-refractivity contribution is 8.10. The largest absolute Gasteiger partial charge is 0.381 e. The van der Waals surface area contributed by atoms with E-state index in [2.05, 4.69) is 4.90 Å². The van der Waals surface area contributed by atoms with Crippen LogP contribution >= 0.6 is 23.2 Å². The minimum atomic E-state index is -4.71. The van der Waals surface area contributed by atoms with Crippen LogP contribution in [0, 0.1) is 5.92 Å². The molecule has 0 N–H and O–H groups in total. The number of hydrogen-bond acceptors (Lipinski definition) is 7. The molecule has 2 heterocycles. The number of rotatable bonds is 8. The van der Waals surface area contributed by atoms with Crippen LogP contribution < -0.4 is 3.71 Å². The number of ether oxygens (including phenoxy) is 1. The first-order valence-electron chi connectivity index (χ1n) is 14.0. The number of piperazine rings is 1. The van der Waals surface area contributed by atoms with Crippen molar-refractivity contribution in [2.75, 3.05) is 36.6 Å². The van der Waals surface area contributed by atoms with Crippen molar-refractivity contribution in [1.29, 1.82) is 0 Å². The fourth-order valence-corrected chi connectivity index (χ4v) is 10.2. The molecule has 5 rings (SSSR count). The summed E-state index contributed by atoms with van der Waals surface area (Å²) in [6, 6.07) is 17.8. The second-order valence-electron chi connectivity index (χ2n) is 10.7. The highest BCUT2D eigenvalue weighted by Gasteiger charge is 2.39. The lowest BCUT2D eigenvalue weighted by Crippen LogP contribution is -2.55. The van der Waals surface area contributed by atoms with Crippen molar-refractivity contribution >= 4 is 54.8 Å². The quantitative estimate of drug-likeness (QED) is 0.332. The zero-order valence-corrected chi connectivity index (χ0v) is 26.7. The first kappa shape index (κ1) is 31.7. The number of amides is 1. The Morgan fingerprint density at radius 2 is 1.44 bits per heavy atom. The number of benzene rings is 3.